The van der Waals surface area contributed by atoms with Crippen molar-refractivity contribution in [2.75, 3.05) is 33.2 Å². The van der Waals surface area contributed by atoms with Crippen molar-refractivity contribution in [2.45, 2.75) is 25.7 Å². The summed E-state index contributed by atoms with van der Waals surface area (Å²) in [5, 5.41) is 6.53. The van der Waals surface area contributed by atoms with Crippen molar-refractivity contribution >= 4 is 0 Å². The first kappa shape index (κ1) is 24.1. The lowest BCUT2D eigenvalue weighted by molar-refractivity contribution is 0.582. The summed E-state index contributed by atoms with van der Waals surface area (Å²) >= 11 is 0. The van der Waals surface area contributed by atoms with E-state index in [1.807, 2.05) is 7.05 Å². The first-order valence-electron chi connectivity index (χ1n) is 4.97. The predicted octanol–water partition coefficient (Wildman–Crippen LogP) is 0.772. The van der Waals surface area contributed by atoms with Crippen LogP contribution >= 0.6 is 0 Å². The van der Waals surface area contributed by atoms with Crippen LogP contribution in [-0.2, 0) is 0 Å². The summed E-state index contributed by atoms with van der Waals surface area (Å²) in [6, 6.07) is 0. The van der Waals surface area contributed by atoms with Crippen LogP contribution in [0.2, 0.25) is 0 Å². The number of nitrogens with two attached hydrogens (primary N) is 1. The topological polar surface area (TPSA) is 50.1 Å². The number of nitrogens with one attached hydrogen (secondary N) is 2. The molecule has 0 amide bonds. The van der Waals surface area contributed by atoms with Gasteiger partial charge < -0.3 is 16.4 Å². The zero-order chi connectivity index (χ0) is 9.07. The van der Waals surface area contributed by atoms with Gasteiger partial charge in [0.05, 0.1) is 0 Å². The van der Waals surface area contributed by atoms with E-state index in [4.69, 9.17) is 5.73 Å². The summed E-state index contributed by atoms with van der Waals surface area (Å²) in [5.74, 6) is 0. The average Bonchev–Trinajstić information content (AvgIpc) is 2.10. The molecule has 4 N–H and O–H groups in total. The van der Waals surface area contributed by atoms with Gasteiger partial charge in [0.1, 0.15) is 0 Å². The minimum atomic E-state index is 0. The molecule has 15 heavy (non-hydrogen) atoms. The molecule has 0 aliphatic rings. The Morgan fingerprint density at radius 3 is 1.73 bits per heavy atom. The highest BCUT2D eigenvalue weighted by atomic mass is 19.0. The number of rotatable bonds is 9. The Bertz CT molecular complexity index is 77.0. The van der Waals surface area contributed by atoms with E-state index in [-0.39, 0.29) is 14.1 Å². The van der Waals surface area contributed by atoms with E-state index in [9.17, 15) is 0 Å². The molecule has 0 aromatic carbocycles. The Morgan fingerprint density at radius 1 is 0.800 bits per heavy atom. The van der Waals surface area contributed by atoms with E-state index in [0.29, 0.717) is 0 Å². The van der Waals surface area contributed by atoms with Crippen LogP contribution in [-0.4, -0.2) is 33.2 Å². The maximum absolute atomic E-state index is 5.37. The zero-order valence-electron chi connectivity index (χ0n) is 9.46. The molecule has 0 rings (SSSR count). The van der Waals surface area contributed by atoms with Crippen LogP contribution in [0.1, 0.15) is 25.7 Å². The standard InChI is InChI=1S/C9H23N3.3FH/c1-11-7-4-5-9-12-8-3-2-6-10;;;/h11-12H,2-10H2,1H3;3*1H. The summed E-state index contributed by atoms with van der Waals surface area (Å²) < 4.78 is 0. The quantitative estimate of drug-likeness (QED) is 0.516. The van der Waals surface area contributed by atoms with Crippen LogP contribution in [0, 0.1) is 0 Å². The van der Waals surface area contributed by atoms with Gasteiger partial charge in [0.15, 0.2) is 0 Å². The second kappa shape index (κ2) is 23.5. The minimum Gasteiger partial charge on any atom is -0.330 e. The number of halogens is 3. The molecule has 98 valence electrons. The molecule has 0 aliphatic carbocycles. The summed E-state index contributed by atoms with van der Waals surface area (Å²) in [5.41, 5.74) is 5.37. The minimum absolute atomic E-state index is 0. The van der Waals surface area contributed by atoms with E-state index in [1.54, 1.807) is 0 Å². The molecular formula is C9H26F3N3. The monoisotopic (exact) mass is 233 g/mol. The lowest BCUT2D eigenvalue weighted by Gasteiger charge is -2.03. The molecule has 0 saturated heterocycles. The van der Waals surface area contributed by atoms with E-state index in [2.05, 4.69) is 10.6 Å². The first-order valence-corrected chi connectivity index (χ1v) is 4.97. The molecule has 0 spiro atoms. The van der Waals surface area contributed by atoms with Crippen LogP contribution in [0.25, 0.3) is 0 Å². The average molecular weight is 233 g/mol. The number of unbranched alkanes of at least 4 members (excludes halogenated alkanes) is 2. The Balaban J connectivity index is -0.000000202. The highest BCUT2D eigenvalue weighted by molar-refractivity contribution is 4.50. The van der Waals surface area contributed by atoms with E-state index >= 15 is 0 Å². The van der Waals surface area contributed by atoms with Gasteiger partial charge in [0, 0.05) is 0 Å². The summed E-state index contributed by atoms with van der Waals surface area (Å²) in [6.07, 6.45) is 4.88. The Labute approximate surface area is 90.3 Å². The van der Waals surface area contributed by atoms with Gasteiger partial charge in [-0.05, 0) is 58.9 Å². The Hall–Kier alpha value is -0.330. The molecule has 0 aliphatic heterocycles. The number of hydrogen-bond donors (Lipinski definition) is 3. The first-order chi connectivity index (χ1) is 5.91. The van der Waals surface area contributed by atoms with Gasteiger partial charge in [-0.1, -0.05) is 0 Å². The molecule has 0 heterocycles. The summed E-state index contributed by atoms with van der Waals surface area (Å²) in [6.45, 7) is 4.22. The van der Waals surface area contributed by atoms with Gasteiger partial charge in [0.2, 0.25) is 0 Å². The van der Waals surface area contributed by atoms with Gasteiger partial charge in [-0.2, -0.15) is 0 Å². The molecule has 0 saturated carbocycles. The van der Waals surface area contributed by atoms with E-state index in [1.165, 1.54) is 19.3 Å². The van der Waals surface area contributed by atoms with E-state index in [0.717, 1.165) is 32.6 Å². The van der Waals surface area contributed by atoms with Crippen LogP contribution in [0.15, 0.2) is 0 Å². The molecule has 0 atom stereocenters. The lowest BCUT2D eigenvalue weighted by atomic mass is 10.3. The van der Waals surface area contributed by atoms with Gasteiger partial charge in [-0.25, -0.2) is 0 Å². The fraction of sp³-hybridized carbons (Fsp3) is 1.00. The van der Waals surface area contributed by atoms with Gasteiger partial charge >= 0.3 is 0 Å². The molecule has 0 bridgehead atoms. The second-order valence-corrected chi connectivity index (χ2v) is 3.06. The van der Waals surface area contributed by atoms with Crippen LogP contribution in [0.3, 0.4) is 0 Å². The van der Waals surface area contributed by atoms with Crippen molar-refractivity contribution in [2.24, 2.45) is 5.73 Å². The Kier molecular flexibility index (Phi) is 37.7. The van der Waals surface area contributed by atoms with Crippen LogP contribution in [0.4, 0.5) is 14.1 Å². The third-order valence-corrected chi connectivity index (χ3v) is 1.84. The SMILES string of the molecule is CNCCCCNCCCCN.F.F.F. The van der Waals surface area contributed by atoms with E-state index < -0.39 is 0 Å². The lowest BCUT2D eigenvalue weighted by Crippen LogP contribution is -2.19. The van der Waals surface area contributed by atoms with Crippen molar-refractivity contribution in [1.82, 2.24) is 10.6 Å². The highest BCUT2D eigenvalue weighted by Crippen LogP contribution is 1.86. The molecule has 0 unspecified atom stereocenters. The molecule has 0 fully saturated rings. The van der Waals surface area contributed by atoms with Crippen molar-refractivity contribution in [3.8, 4) is 0 Å². The normalized spacial score (nSPS) is 8.40. The van der Waals surface area contributed by atoms with Crippen molar-refractivity contribution in [3.05, 3.63) is 0 Å². The van der Waals surface area contributed by atoms with Crippen LogP contribution < -0.4 is 16.4 Å². The maximum atomic E-state index is 5.37. The summed E-state index contributed by atoms with van der Waals surface area (Å²) in [4.78, 5) is 0. The smallest absolute Gasteiger partial charge is 0.00484 e. The van der Waals surface area contributed by atoms with Crippen molar-refractivity contribution in [1.29, 1.82) is 0 Å². The van der Waals surface area contributed by atoms with Gasteiger partial charge in [-0.3, -0.25) is 14.1 Å². The summed E-state index contributed by atoms with van der Waals surface area (Å²) in [7, 11) is 1.99. The fourth-order valence-electron chi connectivity index (χ4n) is 1.07. The molecular weight excluding hydrogens is 207 g/mol. The second-order valence-electron chi connectivity index (χ2n) is 3.06. The van der Waals surface area contributed by atoms with Crippen molar-refractivity contribution in [3.63, 3.8) is 0 Å². The van der Waals surface area contributed by atoms with Crippen LogP contribution in [0.5, 0.6) is 0 Å². The Morgan fingerprint density at radius 2 is 1.27 bits per heavy atom. The highest BCUT2D eigenvalue weighted by Gasteiger charge is 1.88. The predicted molar refractivity (Wildman–Crippen MR) is 61.8 cm³/mol. The molecule has 0 aromatic rings. The van der Waals surface area contributed by atoms with Gasteiger partial charge in [-0.15, -0.1) is 0 Å². The maximum Gasteiger partial charge on any atom is -0.00484 e. The molecule has 6 heteroatoms. The third kappa shape index (κ3) is 24.8. The zero-order valence-corrected chi connectivity index (χ0v) is 9.46. The molecule has 0 radical (unpaired) electrons. The van der Waals surface area contributed by atoms with Crippen molar-refractivity contribution < 1.29 is 14.1 Å². The number of hydrogen-bond acceptors (Lipinski definition) is 3. The fourth-order valence-corrected chi connectivity index (χ4v) is 1.07. The largest absolute Gasteiger partial charge is 0.330 e. The molecule has 3 nitrogen and oxygen atoms in total. The van der Waals surface area contributed by atoms with Gasteiger partial charge in [0.25, 0.3) is 0 Å². The molecule has 0 aromatic heterocycles. The third-order valence-electron chi connectivity index (χ3n) is 1.84.